The third-order valence-electron chi connectivity index (χ3n) is 5.02. The van der Waals surface area contributed by atoms with E-state index in [0.29, 0.717) is 26.2 Å². The fraction of sp³-hybridized carbons (Fsp3) is 0.389. The summed E-state index contributed by atoms with van der Waals surface area (Å²) in [6.07, 6.45) is 3.56. The number of carbonyl (C=O) groups excluding carboxylic acids is 2. The standard InChI is InChI=1S/C18H21N5O2/c1-21-11-15(8-20-21)23-10-14-9-22(12-16(14)17(23)24)18(25)19-7-13-5-3-2-4-6-13/h2-6,8,11,14,16H,7,9-10,12H2,1H3,(H,19,25)/t14-,16-/m0/s1. The van der Waals surface area contributed by atoms with Crippen LogP contribution in [0.25, 0.3) is 0 Å². The highest BCUT2D eigenvalue weighted by molar-refractivity contribution is 5.98. The van der Waals surface area contributed by atoms with Crippen LogP contribution in [0.4, 0.5) is 10.5 Å². The first-order valence-electron chi connectivity index (χ1n) is 8.48. The fourth-order valence-electron chi connectivity index (χ4n) is 3.69. The molecule has 2 aliphatic rings. The van der Waals surface area contributed by atoms with E-state index in [1.54, 1.807) is 20.7 Å². The fourth-order valence-corrected chi connectivity index (χ4v) is 3.69. The third kappa shape index (κ3) is 2.97. The second-order valence-corrected chi connectivity index (χ2v) is 6.74. The van der Waals surface area contributed by atoms with Crippen LogP contribution in [0.5, 0.6) is 0 Å². The topological polar surface area (TPSA) is 70.5 Å². The van der Waals surface area contributed by atoms with Crippen LogP contribution in [-0.4, -0.2) is 46.3 Å². The van der Waals surface area contributed by atoms with E-state index < -0.39 is 0 Å². The highest BCUT2D eigenvalue weighted by Crippen LogP contribution is 2.34. The van der Waals surface area contributed by atoms with Gasteiger partial charge in [-0.25, -0.2) is 4.79 Å². The van der Waals surface area contributed by atoms with Crippen molar-refractivity contribution in [3.8, 4) is 0 Å². The number of urea groups is 1. The molecule has 2 fully saturated rings. The van der Waals surface area contributed by atoms with Gasteiger partial charge in [-0.2, -0.15) is 5.10 Å². The predicted molar refractivity (Wildman–Crippen MR) is 92.8 cm³/mol. The lowest BCUT2D eigenvalue weighted by Crippen LogP contribution is -2.41. The first-order chi connectivity index (χ1) is 12.1. The molecule has 7 nitrogen and oxygen atoms in total. The quantitative estimate of drug-likeness (QED) is 0.914. The summed E-state index contributed by atoms with van der Waals surface area (Å²) in [4.78, 5) is 28.6. The minimum Gasteiger partial charge on any atom is -0.334 e. The number of nitrogens with one attached hydrogen (secondary N) is 1. The van der Waals surface area contributed by atoms with Crippen molar-refractivity contribution in [1.29, 1.82) is 0 Å². The van der Waals surface area contributed by atoms with Gasteiger partial charge in [0.05, 0.1) is 17.8 Å². The molecule has 0 unspecified atom stereocenters. The van der Waals surface area contributed by atoms with Gasteiger partial charge in [-0.3, -0.25) is 9.48 Å². The molecule has 3 heterocycles. The van der Waals surface area contributed by atoms with Gasteiger partial charge in [0.1, 0.15) is 0 Å². The van der Waals surface area contributed by atoms with E-state index >= 15 is 0 Å². The molecule has 0 spiro atoms. The minimum atomic E-state index is -0.109. The number of fused-ring (bicyclic) bond motifs is 1. The molecule has 3 amide bonds. The average molecular weight is 339 g/mol. The number of rotatable bonds is 3. The molecule has 130 valence electrons. The van der Waals surface area contributed by atoms with Gasteiger partial charge in [0, 0.05) is 45.3 Å². The number of carbonyl (C=O) groups is 2. The van der Waals surface area contributed by atoms with E-state index in [9.17, 15) is 9.59 Å². The zero-order chi connectivity index (χ0) is 17.4. The Balaban J connectivity index is 1.35. The van der Waals surface area contributed by atoms with Crippen molar-refractivity contribution < 1.29 is 9.59 Å². The lowest BCUT2D eigenvalue weighted by molar-refractivity contribution is -0.120. The number of amides is 3. The zero-order valence-corrected chi connectivity index (χ0v) is 14.1. The van der Waals surface area contributed by atoms with Gasteiger partial charge in [0.25, 0.3) is 0 Å². The SMILES string of the molecule is Cn1cc(N2C[C@@H]3CN(C(=O)NCc4ccccc4)C[C@@H]3C2=O)cn1. The lowest BCUT2D eigenvalue weighted by atomic mass is 10.0. The van der Waals surface area contributed by atoms with Crippen molar-refractivity contribution >= 4 is 17.6 Å². The Labute approximate surface area is 146 Å². The Morgan fingerprint density at radius 1 is 1.24 bits per heavy atom. The molecule has 25 heavy (non-hydrogen) atoms. The molecule has 0 saturated carbocycles. The molecule has 0 radical (unpaired) electrons. The number of anilines is 1. The van der Waals surface area contributed by atoms with Crippen LogP contribution in [0.1, 0.15) is 5.56 Å². The van der Waals surface area contributed by atoms with Crippen LogP contribution in [-0.2, 0) is 18.4 Å². The summed E-state index contributed by atoms with van der Waals surface area (Å²) in [7, 11) is 1.84. The van der Waals surface area contributed by atoms with E-state index in [1.165, 1.54) is 0 Å². The van der Waals surface area contributed by atoms with Crippen molar-refractivity contribution in [2.75, 3.05) is 24.5 Å². The van der Waals surface area contributed by atoms with Crippen LogP contribution in [0.2, 0.25) is 0 Å². The number of hydrogen-bond donors (Lipinski definition) is 1. The van der Waals surface area contributed by atoms with E-state index in [-0.39, 0.29) is 23.8 Å². The number of likely N-dealkylation sites (tertiary alicyclic amines) is 1. The van der Waals surface area contributed by atoms with Gasteiger partial charge in [-0.1, -0.05) is 30.3 Å². The summed E-state index contributed by atoms with van der Waals surface area (Å²) in [6, 6.07) is 9.72. The molecule has 1 aromatic carbocycles. The molecular formula is C18H21N5O2. The van der Waals surface area contributed by atoms with Crippen molar-refractivity contribution in [3.63, 3.8) is 0 Å². The summed E-state index contributed by atoms with van der Waals surface area (Å²) in [5, 5.41) is 7.07. The van der Waals surface area contributed by atoms with Gasteiger partial charge in [-0.05, 0) is 5.56 Å². The lowest BCUT2D eigenvalue weighted by Gasteiger charge is -2.21. The summed E-state index contributed by atoms with van der Waals surface area (Å²) < 4.78 is 1.69. The predicted octanol–water partition coefficient (Wildman–Crippen LogP) is 1.22. The maximum Gasteiger partial charge on any atom is 0.317 e. The van der Waals surface area contributed by atoms with Crippen LogP contribution < -0.4 is 10.2 Å². The van der Waals surface area contributed by atoms with Crippen molar-refractivity contribution in [1.82, 2.24) is 20.0 Å². The Morgan fingerprint density at radius 2 is 2.04 bits per heavy atom. The Bertz CT molecular complexity index is 788. The molecule has 0 bridgehead atoms. The van der Waals surface area contributed by atoms with Gasteiger partial charge in [0.2, 0.25) is 5.91 Å². The van der Waals surface area contributed by atoms with Crippen molar-refractivity contribution in [2.24, 2.45) is 18.9 Å². The van der Waals surface area contributed by atoms with Gasteiger partial charge >= 0.3 is 6.03 Å². The van der Waals surface area contributed by atoms with Crippen molar-refractivity contribution in [2.45, 2.75) is 6.54 Å². The van der Waals surface area contributed by atoms with Gasteiger partial charge < -0.3 is 15.1 Å². The molecule has 2 saturated heterocycles. The maximum atomic E-state index is 12.7. The minimum absolute atomic E-state index is 0.0939. The first kappa shape index (κ1) is 15.7. The zero-order valence-electron chi connectivity index (χ0n) is 14.1. The molecule has 4 rings (SSSR count). The summed E-state index contributed by atoms with van der Waals surface area (Å²) in [5.41, 5.74) is 1.90. The Morgan fingerprint density at radius 3 is 2.72 bits per heavy atom. The summed E-state index contributed by atoms with van der Waals surface area (Å²) in [5.74, 6) is 0.175. The highest BCUT2D eigenvalue weighted by Gasteiger charge is 2.48. The van der Waals surface area contributed by atoms with Crippen LogP contribution in [0.15, 0.2) is 42.7 Å². The second kappa shape index (κ2) is 6.23. The molecule has 2 aliphatic heterocycles. The Hall–Kier alpha value is -2.83. The Kier molecular flexibility index (Phi) is 3.91. The van der Waals surface area contributed by atoms with E-state index in [0.717, 1.165) is 11.3 Å². The number of aromatic nitrogens is 2. The van der Waals surface area contributed by atoms with Gasteiger partial charge in [0.15, 0.2) is 0 Å². The summed E-state index contributed by atoms with van der Waals surface area (Å²) >= 11 is 0. The molecule has 2 aromatic rings. The molecular weight excluding hydrogens is 318 g/mol. The number of aryl methyl sites for hydroxylation is 1. The van der Waals surface area contributed by atoms with E-state index in [1.807, 2.05) is 43.6 Å². The maximum absolute atomic E-state index is 12.7. The molecule has 7 heteroatoms. The number of nitrogens with zero attached hydrogens (tertiary/aromatic N) is 4. The largest absolute Gasteiger partial charge is 0.334 e. The third-order valence-corrected chi connectivity index (χ3v) is 5.02. The van der Waals surface area contributed by atoms with E-state index in [4.69, 9.17) is 0 Å². The number of benzene rings is 1. The highest BCUT2D eigenvalue weighted by atomic mass is 16.2. The number of hydrogen-bond acceptors (Lipinski definition) is 3. The molecule has 0 aliphatic carbocycles. The normalized spacial score (nSPS) is 22.4. The average Bonchev–Trinajstić information content (AvgIpc) is 3.30. The molecule has 1 aromatic heterocycles. The summed E-state index contributed by atoms with van der Waals surface area (Å²) in [6.45, 7) is 2.26. The van der Waals surface area contributed by atoms with E-state index in [2.05, 4.69) is 10.4 Å². The molecule has 1 N–H and O–H groups in total. The smallest absolute Gasteiger partial charge is 0.317 e. The van der Waals surface area contributed by atoms with Crippen LogP contribution in [0, 0.1) is 11.8 Å². The van der Waals surface area contributed by atoms with Crippen molar-refractivity contribution in [3.05, 3.63) is 48.3 Å². The first-order valence-corrected chi connectivity index (χ1v) is 8.48. The monoisotopic (exact) mass is 339 g/mol. The van der Waals surface area contributed by atoms with Crippen LogP contribution in [0.3, 0.4) is 0 Å². The van der Waals surface area contributed by atoms with Crippen LogP contribution >= 0.6 is 0 Å². The second-order valence-electron chi connectivity index (χ2n) is 6.74. The van der Waals surface area contributed by atoms with Gasteiger partial charge in [-0.15, -0.1) is 0 Å². The molecule has 2 atom stereocenters.